The molecule has 6 heteroatoms. The van der Waals surface area contributed by atoms with Crippen LogP contribution in [0.15, 0.2) is 0 Å². The normalized spacial score (nSPS) is 12.6. The van der Waals surface area contributed by atoms with Gasteiger partial charge < -0.3 is 19.3 Å². The van der Waals surface area contributed by atoms with E-state index in [9.17, 15) is 5.11 Å². The highest BCUT2D eigenvalue weighted by atomic mass is 32.2. The molecule has 4 nitrogen and oxygen atoms in total. The Balaban J connectivity index is 3.09. The van der Waals surface area contributed by atoms with Crippen LogP contribution in [0.4, 0.5) is 0 Å². The highest BCUT2D eigenvalue weighted by Gasteiger charge is 2.04. The Morgan fingerprint density at radius 3 is 1.81 bits per heavy atom. The van der Waals surface area contributed by atoms with Crippen molar-refractivity contribution in [3.8, 4) is 0 Å². The van der Waals surface area contributed by atoms with Crippen LogP contribution in [0.3, 0.4) is 0 Å². The van der Waals surface area contributed by atoms with E-state index in [0.29, 0.717) is 33.0 Å². The molecule has 1 N–H and O–H groups in total. The Labute approximate surface area is 176 Å². The van der Waals surface area contributed by atoms with Gasteiger partial charge in [0.1, 0.15) is 0 Å². The van der Waals surface area contributed by atoms with Gasteiger partial charge >= 0.3 is 0 Å². The second-order valence-corrected chi connectivity index (χ2v) is 9.14. The molecule has 0 aliphatic rings. The Morgan fingerprint density at radius 2 is 1.19 bits per heavy atom. The van der Waals surface area contributed by atoms with Crippen molar-refractivity contribution in [1.82, 2.24) is 0 Å². The number of aliphatic hydroxyl groups is 1. The van der Waals surface area contributed by atoms with Crippen molar-refractivity contribution in [1.29, 1.82) is 0 Å². The van der Waals surface area contributed by atoms with Crippen molar-refractivity contribution in [3.63, 3.8) is 0 Å². The molecule has 0 radical (unpaired) electrons. The molecule has 0 aromatic carbocycles. The molecule has 1 atom stereocenters. The van der Waals surface area contributed by atoms with Crippen molar-refractivity contribution in [3.05, 3.63) is 0 Å². The summed E-state index contributed by atoms with van der Waals surface area (Å²) in [7, 11) is 0. The molecule has 27 heavy (non-hydrogen) atoms. The molecular formula is C21H44O4S2. The van der Waals surface area contributed by atoms with Gasteiger partial charge in [-0.1, -0.05) is 52.4 Å². The zero-order valence-corrected chi connectivity index (χ0v) is 19.4. The van der Waals surface area contributed by atoms with Crippen LogP contribution >= 0.6 is 23.5 Å². The van der Waals surface area contributed by atoms with E-state index in [1.807, 2.05) is 23.5 Å². The highest BCUT2D eigenvalue weighted by molar-refractivity contribution is 7.99. The summed E-state index contributed by atoms with van der Waals surface area (Å²) in [5.41, 5.74) is 0. The molecule has 0 aromatic heterocycles. The van der Waals surface area contributed by atoms with Crippen LogP contribution < -0.4 is 0 Å². The van der Waals surface area contributed by atoms with Gasteiger partial charge in [0.05, 0.1) is 45.7 Å². The summed E-state index contributed by atoms with van der Waals surface area (Å²) in [6.07, 6.45) is 10.1. The van der Waals surface area contributed by atoms with Gasteiger partial charge in [-0.3, -0.25) is 0 Å². The van der Waals surface area contributed by atoms with Crippen molar-refractivity contribution in [2.45, 2.75) is 71.3 Å². The zero-order valence-electron chi connectivity index (χ0n) is 17.8. The predicted molar refractivity (Wildman–Crippen MR) is 121 cm³/mol. The van der Waals surface area contributed by atoms with Gasteiger partial charge in [0.2, 0.25) is 0 Å². The SMILES string of the molecule is CCCCCCSCCOCCOCCOC[C@@H](O)CSCCCCCC. The second kappa shape index (κ2) is 24.6. The van der Waals surface area contributed by atoms with E-state index in [0.717, 1.165) is 23.9 Å². The number of hydrogen-bond donors (Lipinski definition) is 1. The first-order chi connectivity index (χ1) is 13.3. The maximum atomic E-state index is 9.85. The van der Waals surface area contributed by atoms with Gasteiger partial charge in [-0.2, -0.15) is 23.5 Å². The van der Waals surface area contributed by atoms with Crippen LogP contribution in [0.2, 0.25) is 0 Å². The number of aliphatic hydroxyl groups excluding tert-OH is 1. The van der Waals surface area contributed by atoms with Crippen molar-refractivity contribution in [2.75, 3.05) is 62.7 Å². The summed E-state index contributed by atoms with van der Waals surface area (Å²) in [5.74, 6) is 4.22. The second-order valence-electron chi connectivity index (χ2n) is 6.76. The lowest BCUT2D eigenvalue weighted by Gasteiger charge is -2.11. The molecule has 0 aromatic rings. The Hall–Kier alpha value is 0.540. The molecule has 0 rings (SSSR count). The predicted octanol–water partition coefficient (Wildman–Crippen LogP) is 5.02. The van der Waals surface area contributed by atoms with Gasteiger partial charge in [0, 0.05) is 11.5 Å². The summed E-state index contributed by atoms with van der Waals surface area (Å²) in [6.45, 7) is 8.03. The van der Waals surface area contributed by atoms with Gasteiger partial charge in [-0.25, -0.2) is 0 Å². The van der Waals surface area contributed by atoms with E-state index in [4.69, 9.17) is 14.2 Å². The van der Waals surface area contributed by atoms with E-state index >= 15 is 0 Å². The third kappa shape index (κ3) is 24.5. The van der Waals surface area contributed by atoms with Crippen LogP contribution in [-0.2, 0) is 14.2 Å². The zero-order chi connectivity index (χ0) is 19.8. The first-order valence-electron chi connectivity index (χ1n) is 10.9. The third-order valence-electron chi connectivity index (χ3n) is 4.02. The molecule has 0 aliphatic heterocycles. The molecule has 0 aliphatic carbocycles. The largest absolute Gasteiger partial charge is 0.390 e. The molecule has 0 bridgehead atoms. The molecule has 164 valence electrons. The average Bonchev–Trinajstić information content (AvgIpc) is 2.67. The quantitative estimate of drug-likeness (QED) is 0.232. The summed E-state index contributed by atoms with van der Waals surface area (Å²) in [6, 6.07) is 0. The van der Waals surface area contributed by atoms with Crippen LogP contribution in [-0.4, -0.2) is 73.9 Å². The fourth-order valence-corrected chi connectivity index (χ4v) is 4.20. The van der Waals surface area contributed by atoms with E-state index < -0.39 is 0 Å². The standard InChI is InChI=1S/C21H44O4S2/c1-3-5-7-9-16-26-18-15-24-12-11-23-13-14-25-19-21(22)20-27-17-10-8-6-4-2/h21-22H,3-20H2,1-2H3/t21-/m1/s1. The maximum Gasteiger partial charge on any atom is 0.0863 e. The van der Waals surface area contributed by atoms with E-state index in [1.165, 1.54) is 57.1 Å². The molecule has 0 heterocycles. The molecule has 0 unspecified atom stereocenters. The first kappa shape index (κ1) is 27.5. The topological polar surface area (TPSA) is 47.9 Å². The van der Waals surface area contributed by atoms with Gasteiger partial charge in [0.25, 0.3) is 0 Å². The lowest BCUT2D eigenvalue weighted by molar-refractivity contribution is -0.00358. The molecule has 0 amide bonds. The minimum Gasteiger partial charge on any atom is -0.390 e. The van der Waals surface area contributed by atoms with Crippen LogP contribution in [0.5, 0.6) is 0 Å². The highest BCUT2D eigenvalue weighted by Crippen LogP contribution is 2.09. The summed E-state index contributed by atoms with van der Waals surface area (Å²) in [5, 5.41) is 9.85. The fraction of sp³-hybridized carbons (Fsp3) is 1.00. The molecule has 0 fully saturated rings. The minimum atomic E-state index is -0.371. The van der Waals surface area contributed by atoms with Gasteiger partial charge in [-0.15, -0.1) is 0 Å². The number of thioether (sulfide) groups is 2. The number of unbranched alkanes of at least 4 members (excludes halogenated alkanes) is 6. The Bertz CT molecular complexity index is 271. The molecular weight excluding hydrogens is 380 g/mol. The smallest absolute Gasteiger partial charge is 0.0863 e. The van der Waals surface area contributed by atoms with Crippen LogP contribution in [0.25, 0.3) is 0 Å². The molecule has 0 saturated heterocycles. The van der Waals surface area contributed by atoms with Crippen LogP contribution in [0.1, 0.15) is 65.2 Å². The van der Waals surface area contributed by atoms with Crippen molar-refractivity contribution < 1.29 is 19.3 Å². The van der Waals surface area contributed by atoms with E-state index in [1.54, 1.807) is 0 Å². The van der Waals surface area contributed by atoms with Crippen molar-refractivity contribution in [2.24, 2.45) is 0 Å². The summed E-state index contributed by atoms with van der Waals surface area (Å²) in [4.78, 5) is 0. The monoisotopic (exact) mass is 424 g/mol. The number of ether oxygens (including phenoxy) is 3. The lowest BCUT2D eigenvalue weighted by atomic mass is 10.2. The van der Waals surface area contributed by atoms with Gasteiger partial charge in [-0.05, 0) is 24.3 Å². The number of rotatable bonds is 23. The third-order valence-corrected chi connectivity index (χ3v) is 6.25. The molecule has 0 spiro atoms. The van der Waals surface area contributed by atoms with Crippen molar-refractivity contribution >= 4 is 23.5 Å². The Kier molecular flexibility index (Phi) is 25.1. The minimum absolute atomic E-state index is 0.371. The van der Waals surface area contributed by atoms with E-state index in [-0.39, 0.29) is 6.10 Å². The summed E-state index contributed by atoms with van der Waals surface area (Å²) < 4.78 is 16.5. The van der Waals surface area contributed by atoms with E-state index in [2.05, 4.69) is 13.8 Å². The van der Waals surface area contributed by atoms with Gasteiger partial charge in [0.15, 0.2) is 0 Å². The number of hydrogen-bond acceptors (Lipinski definition) is 6. The molecule has 0 saturated carbocycles. The maximum absolute atomic E-state index is 9.85. The fourth-order valence-electron chi connectivity index (χ4n) is 2.41. The first-order valence-corrected chi connectivity index (χ1v) is 13.2. The Morgan fingerprint density at radius 1 is 0.630 bits per heavy atom. The van der Waals surface area contributed by atoms with Crippen LogP contribution in [0, 0.1) is 0 Å². The lowest BCUT2D eigenvalue weighted by Crippen LogP contribution is -2.20. The average molecular weight is 425 g/mol. The summed E-state index contributed by atoms with van der Waals surface area (Å²) >= 11 is 3.80.